The van der Waals surface area contributed by atoms with E-state index >= 15 is 0 Å². The van der Waals surface area contributed by atoms with Gasteiger partial charge in [0.15, 0.2) is 5.72 Å². The summed E-state index contributed by atoms with van der Waals surface area (Å²) in [6.07, 6.45) is 1.04. The summed E-state index contributed by atoms with van der Waals surface area (Å²) in [4.78, 5) is 0. The predicted molar refractivity (Wildman–Crippen MR) is 65.2 cm³/mol. The van der Waals surface area contributed by atoms with E-state index in [-0.39, 0.29) is 5.72 Å². The topological polar surface area (TPSA) is 33.3 Å². The van der Waals surface area contributed by atoms with Crippen LogP contribution in [0, 0.1) is 0 Å². The molecular formula is C13H20N2O. The zero-order valence-corrected chi connectivity index (χ0v) is 9.83. The number of nitrogens with one attached hydrogen (secondary N) is 2. The monoisotopic (exact) mass is 220 g/mol. The molecule has 1 heterocycles. The van der Waals surface area contributed by atoms with Gasteiger partial charge in [0.1, 0.15) is 0 Å². The van der Waals surface area contributed by atoms with Crippen LogP contribution in [-0.2, 0) is 10.5 Å². The molecule has 2 N–H and O–H groups in total. The van der Waals surface area contributed by atoms with E-state index in [1.54, 1.807) is 0 Å². The molecule has 3 nitrogen and oxygen atoms in total. The molecule has 0 aliphatic carbocycles. The van der Waals surface area contributed by atoms with Gasteiger partial charge >= 0.3 is 0 Å². The van der Waals surface area contributed by atoms with Crippen molar-refractivity contribution < 1.29 is 4.74 Å². The molecule has 0 radical (unpaired) electrons. The van der Waals surface area contributed by atoms with Crippen LogP contribution in [0.15, 0.2) is 30.3 Å². The van der Waals surface area contributed by atoms with Crippen LogP contribution < -0.4 is 10.6 Å². The summed E-state index contributed by atoms with van der Waals surface area (Å²) in [6.45, 7) is 5.69. The van der Waals surface area contributed by atoms with Gasteiger partial charge < -0.3 is 10.1 Å². The van der Waals surface area contributed by atoms with Crippen LogP contribution in [0.2, 0.25) is 0 Å². The summed E-state index contributed by atoms with van der Waals surface area (Å²) in [5.41, 5.74) is 0.867. The van der Waals surface area contributed by atoms with E-state index in [0.29, 0.717) is 0 Å². The summed E-state index contributed by atoms with van der Waals surface area (Å²) >= 11 is 0. The highest BCUT2D eigenvalue weighted by Gasteiger charge is 2.34. The summed E-state index contributed by atoms with van der Waals surface area (Å²) in [7, 11) is 0. The Bertz CT molecular complexity index is 307. The van der Waals surface area contributed by atoms with E-state index in [1.165, 1.54) is 5.56 Å². The van der Waals surface area contributed by atoms with Crippen LogP contribution in [0.5, 0.6) is 0 Å². The molecule has 0 aromatic heterocycles. The Morgan fingerprint density at radius 1 is 1.25 bits per heavy atom. The number of ether oxygens (including phenoxy) is 1. The zero-order chi connectivity index (χ0) is 11.3. The van der Waals surface area contributed by atoms with E-state index in [1.807, 2.05) is 6.07 Å². The second kappa shape index (κ2) is 5.43. The molecule has 0 saturated carbocycles. The third-order valence-corrected chi connectivity index (χ3v) is 2.88. The Balaban J connectivity index is 2.19. The number of hydrogen-bond donors (Lipinski definition) is 2. The predicted octanol–water partition coefficient (Wildman–Crippen LogP) is 1.46. The lowest BCUT2D eigenvalue weighted by molar-refractivity contribution is -0.0839. The van der Waals surface area contributed by atoms with Gasteiger partial charge in [0.2, 0.25) is 0 Å². The Labute approximate surface area is 97.2 Å². The van der Waals surface area contributed by atoms with E-state index in [9.17, 15) is 0 Å². The first-order chi connectivity index (χ1) is 7.87. The third-order valence-electron chi connectivity index (χ3n) is 2.88. The lowest BCUT2D eigenvalue weighted by atomic mass is 10.0. The first kappa shape index (κ1) is 11.6. The molecule has 1 aliphatic heterocycles. The average Bonchev–Trinajstić information content (AvgIpc) is 2.38. The summed E-state index contributed by atoms with van der Waals surface area (Å²) in [5, 5.41) is 6.89. The quantitative estimate of drug-likeness (QED) is 0.806. The highest BCUT2D eigenvalue weighted by molar-refractivity contribution is 5.23. The van der Waals surface area contributed by atoms with Crippen molar-refractivity contribution in [3.05, 3.63) is 35.9 Å². The van der Waals surface area contributed by atoms with Crippen molar-refractivity contribution in [3.63, 3.8) is 0 Å². The van der Waals surface area contributed by atoms with Crippen molar-refractivity contribution in [1.82, 2.24) is 10.6 Å². The van der Waals surface area contributed by atoms with Gasteiger partial charge in [0.25, 0.3) is 0 Å². The standard InChI is InChI=1S/C13H20N2O/c1-2-10-16-13(11-14-8-9-15-13)12-6-4-3-5-7-12/h3-7,14-15H,2,8-11H2,1H3. The summed E-state index contributed by atoms with van der Waals surface area (Å²) in [6, 6.07) is 10.4. The molecule has 2 rings (SSSR count). The Kier molecular flexibility index (Phi) is 3.93. The maximum absolute atomic E-state index is 6.03. The highest BCUT2D eigenvalue weighted by atomic mass is 16.5. The molecule has 1 aromatic rings. The van der Waals surface area contributed by atoms with Crippen LogP contribution in [0.4, 0.5) is 0 Å². The van der Waals surface area contributed by atoms with E-state index in [4.69, 9.17) is 4.74 Å². The van der Waals surface area contributed by atoms with E-state index in [0.717, 1.165) is 32.7 Å². The Hall–Kier alpha value is -0.900. The Morgan fingerprint density at radius 3 is 2.69 bits per heavy atom. The average molecular weight is 220 g/mol. The third kappa shape index (κ3) is 2.43. The summed E-state index contributed by atoms with van der Waals surface area (Å²) in [5.74, 6) is 0. The summed E-state index contributed by atoms with van der Waals surface area (Å²) < 4.78 is 6.03. The lowest BCUT2D eigenvalue weighted by Crippen LogP contribution is -2.58. The highest BCUT2D eigenvalue weighted by Crippen LogP contribution is 2.23. The fourth-order valence-electron chi connectivity index (χ4n) is 2.05. The second-order valence-electron chi connectivity index (χ2n) is 4.15. The van der Waals surface area contributed by atoms with Gasteiger partial charge in [-0.1, -0.05) is 37.3 Å². The minimum absolute atomic E-state index is 0.338. The molecule has 0 amide bonds. The first-order valence-electron chi connectivity index (χ1n) is 6.02. The molecule has 1 aromatic carbocycles. The van der Waals surface area contributed by atoms with Gasteiger partial charge in [-0.25, -0.2) is 0 Å². The van der Waals surface area contributed by atoms with E-state index in [2.05, 4.69) is 41.8 Å². The molecule has 88 valence electrons. The molecule has 1 fully saturated rings. The maximum atomic E-state index is 6.03. The molecule has 0 bridgehead atoms. The fraction of sp³-hybridized carbons (Fsp3) is 0.538. The Morgan fingerprint density at radius 2 is 2.06 bits per heavy atom. The number of hydrogen-bond acceptors (Lipinski definition) is 3. The van der Waals surface area contributed by atoms with Crippen molar-refractivity contribution in [1.29, 1.82) is 0 Å². The minimum Gasteiger partial charge on any atom is -0.355 e. The van der Waals surface area contributed by atoms with Crippen molar-refractivity contribution in [3.8, 4) is 0 Å². The molecule has 1 saturated heterocycles. The largest absolute Gasteiger partial charge is 0.355 e. The number of rotatable bonds is 4. The smallest absolute Gasteiger partial charge is 0.157 e. The molecule has 16 heavy (non-hydrogen) atoms. The molecular weight excluding hydrogens is 200 g/mol. The minimum atomic E-state index is -0.338. The molecule has 3 heteroatoms. The van der Waals surface area contributed by atoms with Crippen LogP contribution in [0.3, 0.4) is 0 Å². The van der Waals surface area contributed by atoms with Gasteiger partial charge in [-0.2, -0.15) is 0 Å². The number of benzene rings is 1. The van der Waals surface area contributed by atoms with Crippen molar-refractivity contribution in [2.75, 3.05) is 26.2 Å². The van der Waals surface area contributed by atoms with Crippen LogP contribution in [-0.4, -0.2) is 26.2 Å². The molecule has 1 atom stereocenters. The first-order valence-corrected chi connectivity index (χ1v) is 6.02. The van der Waals surface area contributed by atoms with Gasteiger partial charge in [-0.05, 0) is 12.0 Å². The van der Waals surface area contributed by atoms with E-state index < -0.39 is 0 Å². The SMILES string of the molecule is CCCOC1(c2ccccc2)CNCCN1. The molecule has 1 aliphatic rings. The maximum Gasteiger partial charge on any atom is 0.157 e. The van der Waals surface area contributed by atoms with Crippen LogP contribution in [0.1, 0.15) is 18.9 Å². The lowest BCUT2D eigenvalue weighted by Gasteiger charge is -2.39. The second-order valence-corrected chi connectivity index (χ2v) is 4.15. The van der Waals surface area contributed by atoms with Gasteiger partial charge in [0.05, 0.1) is 0 Å². The van der Waals surface area contributed by atoms with Gasteiger partial charge in [-0.15, -0.1) is 0 Å². The van der Waals surface area contributed by atoms with Crippen molar-refractivity contribution in [2.24, 2.45) is 0 Å². The number of piperazine rings is 1. The van der Waals surface area contributed by atoms with Crippen LogP contribution >= 0.6 is 0 Å². The van der Waals surface area contributed by atoms with Gasteiger partial charge in [0, 0.05) is 26.2 Å². The zero-order valence-electron chi connectivity index (χ0n) is 9.83. The normalized spacial score (nSPS) is 25.6. The van der Waals surface area contributed by atoms with Crippen LogP contribution in [0.25, 0.3) is 0 Å². The fourth-order valence-corrected chi connectivity index (χ4v) is 2.05. The van der Waals surface area contributed by atoms with Gasteiger partial charge in [-0.3, -0.25) is 5.32 Å². The molecule has 1 unspecified atom stereocenters. The van der Waals surface area contributed by atoms with Crippen molar-refractivity contribution in [2.45, 2.75) is 19.1 Å². The van der Waals surface area contributed by atoms with Crippen molar-refractivity contribution >= 4 is 0 Å². The molecule has 0 spiro atoms.